The maximum atomic E-state index is 12.0. The van der Waals surface area contributed by atoms with Gasteiger partial charge >= 0.3 is 0 Å². The number of nitrogens with one attached hydrogen (secondary N) is 2. The Balaban J connectivity index is 2.94. The van der Waals surface area contributed by atoms with Gasteiger partial charge in [0.05, 0.1) is 25.4 Å². The summed E-state index contributed by atoms with van der Waals surface area (Å²) in [6, 6.07) is 5.24. The first kappa shape index (κ1) is 14.3. The summed E-state index contributed by atoms with van der Waals surface area (Å²) in [5.41, 5.74) is -0.0306. The van der Waals surface area contributed by atoms with Crippen LogP contribution < -0.4 is 20.1 Å². The van der Waals surface area contributed by atoms with Crippen LogP contribution in [0.25, 0.3) is 0 Å². The van der Waals surface area contributed by atoms with Gasteiger partial charge < -0.3 is 20.1 Å². The minimum atomic E-state index is -0.648. The molecule has 0 aromatic heterocycles. The third-order valence-electron chi connectivity index (χ3n) is 2.85. The van der Waals surface area contributed by atoms with Crippen molar-refractivity contribution in [2.24, 2.45) is 0 Å². The van der Waals surface area contributed by atoms with E-state index >= 15 is 0 Å². The number of hydrogen-bond donors (Lipinski definition) is 2. The van der Waals surface area contributed by atoms with Crippen molar-refractivity contribution < 1.29 is 14.3 Å². The first-order valence-electron chi connectivity index (χ1n) is 5.67. The third-order valence-corrected chi connectivity index (χ3v) is 2.85. The molecule has 0 saturated carbocycles. The van der Waals surface area contributed by atoms with Crippen LogP contribution in [-0.4, -0.2) is 32.7 Å². The zero-order valence-electron chi connectivity index (χ0n) is 11.5. The molecule has 0 aliphatic rings. The maximum absolute atomic E-state index is 12.0. The van der Waals surface area contributed by atoms with Crippen molar-refractivity contribution in [1.29, 1.82) is 0 Å². The molecule has 0 saturated heterocycles. The summed E-state index contributed by atoms with van der Waals surface area (Å²) >= 11 is 0. The molecule has 1 amide bonds. The fraction of sp³-hybridized carbons (Fsp3) is 0.462. The zero-order chi connectivity index (χ0) is 13.8. The van der Waals surface area contributed by atoms with Crippen molar-refractivity contribution in [2.75, 3.05) is 26.6 Å². The Labute approximate surface area is 107 Å². The number of likely N-dealkylation sites (N-methyl/N-ethyl adjacent to an activating group) is 1. The molecule has 0 radical (unpaired) electrons. The molecule has 1 rings (SSSR count). The Kier molecular flexibility index (Phi) is 4.55. The Morgan fingerprint density at radius 1 is 1.22 bits per heavy atom. The number of methoxy groups -OCH3 is 2. The monoisotopic (exact) mass is 252 g/mol. The molecule has 18 heavy (non-hydrogen) atoms. The number of carbonyl (C=O) groups excluding carboxylic acids is 1. The predicted octanol–water partition coefficient (Wildman–Crippen LogP) is 1.64. The van der Waals surface area contributed by atoms with Crippen LogP contribution in [0.4, 0.5) is 5.69 Å². The van der Waals surface area contributed by atoms with E-state index in [9.17, 15) is 4.79 Å². The van der Waals surface area contributed by atoms with E-state index in [2.05, 4.69) is 10.6 Å². The van der Waals surface area contributed by atoms with E-state index in [1.165, 1.54) is 0 Å². The number of hydrogen-bond acceptors (Lipinski definition) is 4. The van der Waals surface area contributed by atoms with E-state index in [1.807, 2.05) is 0 Å². The van der Waals surface area contributed by atoms with Gasteiger partial charge in [0.25, 0.3) is 0 Å². The minimum absolute atomic E-state index is 0.131. The molecule has 1 aromatic carbocycles. The summed E-state index contributed by atoms with van der Waals surface area (Å²) in [6.45, 7) is 3.61. The molecule has 100 valence electrons. The molecule has 5 nitrogen and oxygen atoms in total. The lowest BCUT2D eigenvalue weighted by Gasteiger charge is -2.23. The second-order valence-corrected chi connectivity index (χ2v) is 4.40. The van der Waals surface area contributed by atoms with Crippen LogP contribution in [0.15, 0.2) is 18.2 Å². The quantitative estimate of drug-likeness (QED) is 0.836. The molecule has 0 fully saturated rings. The number of carbonyl (C=O) groups is 1. The summed E-state index contributed by atoms with van der Waals surface area (Å²) in [4.78, 5) is 12.0. The average molecular weight is 252 g/mol. The number of ether oxygens (including phenoxy) is 2. The van der Waals surface area contributed by atoms with Crippen molar-refractivity contribution in [3.05, 3.63) is 18.2 Å². The first-order chi connectivity index (χ1) is 8.44. The summed E-state index contributed by atoms with van der Waals surface area (Å²) < 4.78 is 10.3. The Morgan fingerprint density at radius 3 is 2.39 bits per heavy atom. The number of amides is 1. The highest BCUT2D eigenvalue weighted by Gasteiger charge is 2.25. The Hall–Kier alpha value is -1.75. The van der Waals surface area contributed by atoms with Crippen molar-refractivity contribution in [3.8, 4) is 11.5 Å². The van der Waals surface area contributed by atoms with Crippen LogP contribution in [-0.2, 0) is 4.79 Å². The van der Waals surface area contributed by atoms with E-state index in [0.717, 1.165) is 0 Å². The Bertz CT molecular complexity index is 430. The second kappa shape index (κ2) is 5.73. The third kappa shape index (κ3) is 3.13. The van der Waals surface area contributed by atoms with Gasteiger partial charge in [0.1, 0.15) is 11.5 Å². The predicted molar refractivity (Wildman–Crippen MR) is 71.3 cm³/mol. The van der Waals surface area contributed by atoms with Gasteiger partial charge in [-0.25, -0.2) is 0 Å². The standard InChI is InChI=1S/C13H20N2O3/c1-13(2,14-3)12(16)15-10-7-6-9(17-4)8-11(10)18-5/h6-8,14H,1-5H3,(H,15,16). The molecular weight excluding hydrogens is 232 g/mol. The van der Waals surface area contributed by atoms with Gasteiger partial charge in [-0.2, -0.15) is 0 Å². The van der Waals surface area contributed by atoms with E-state index in [0.29, 0.717) is 17.2 Å². The highest BCUT2D eigenvalue weighted by atomic mass is 16.5. The number of anilines is 1. The topological polar surface area (TPSA) is 59.6 Å². The van der Waals surface area contributed by atoms with Crippen LogP contribution in [0, 0.1) is 0 Å². The highest BCUT2D eigenvalue weighted by Crippen LogP contribution is 2.29. The maximum Gasteiger partial charge on any atom is 0.244 e. The van der Waals surface area contributed by atoms with E-state index in [4.69, 9.17) is 9.47 Å². The molecule has 0 aliphatic carbocycles. The fourth-order valence-electron chi connectivity index (χ4n) is 1.29. The largest absolute Gasteiger partial charge is 0.497 e. The molecule has 0 atom stereocenters. The van der Waals surface area contributed by atoms with Crippen LogP contribution in [0.1, 0.15) is 13.8 Å². The summed E-state index contributed by atoms with van der Waals surface area (Å²) in [7, 11) is 4.87. The highest BCUT2D eigenvalue weighted by molar-refractivity contribution is 5.98. The molecule has 0 aliphatic heterocycles. The molecule has 2 N–H and O–H groups in total. The molecular formula is C13H20N2O3. The lowest BCUT2D eigenvalue weighted by molar-refractivity contribution is -0.121. The molecule has 0 bridgehead atoms. The summed E-state index contributed by atoms with van der Waals surface area (Å²) in [6.07, 6.45) is 0. The van der Waals surface area contributed by atoms with E-state index < -0.39 is 5.54 Å². The van der Waals surface area contributed by atoms with Crippen LogP contribution in [0.2, 0.25) is 0 Å². The molecule has 5 heteroatoms. The molecule has 0 heterocycles. The molecule has 1 aromatic rings. The number of benzene rings is 1. The number of rotatable bonds is 5. The van der Waals surface area contributed by atoms with Gasteiger partial charge in [-0.15, -0.1) is 0 Å². The summed E-state index contributed by atoms with van der Waals surface area (Å²) in [5, 5.41) is 5.77. The minimum Gasteiger partial charge on any atom is -0.497 e. The fourth-order valence-corrected chi connectivity index (χ4v) is 1.29. The Morgan fingerprint density at radius 2 is 1.89 bits per heavy atom. The summed E-state index contributed by atoms with van der Waals surface area (Å²) in [5.74, 6) is 1.11. The molecule has 0 unspecified atom stereocenters. The van der Waals surface area contributed by atoms with Gasteiger partial charge in [-0.1, -0.05) is 0 Å². The van der Waals surface area contributed by atoms with Crippen LogP contribution in [0.5, 0.6) is 11.5 Å². The van der Waals surface area contributed by atoms with Crippen molar-refractivity contribution in [3.63, 3.8) is 0 Å². The lowest BCUT2D eigenvalue weighted by atomic mass is 10.1. The van der Waals surface area contributed by atoms with Crippen molar-refractivity contribution >= 4 is 11.6 Å². The van der Waals surface area contributed by atoms with Crippen molar-refractivity contribution in [2.45, 2.75) is 19.4 Å². The smallest absolute Gasteiger partial charge is 0.244 e. The second-order valence-electron chi connectivity index (χ2n) is 4.40. The van der Waals surface area contributed by atoms with E-state index in [-0.39, 0.29) is 5.91 Å². The molecule has 0 spiro atoms. The van der Waals surface area contributed by atoms with Gasteiger partial charge in [0.15, 0.2) is 0 Å². The van der Waals surface area contributed by atoms with Gasteiger partial charge in [-0.05, 0) is 33.0 Å². The van der Waals surface area contributed by atoms with Gasteiger partial charge in [0, 0.05) is 6.07 Å². The normalized spacial score (nSPS) is 10.9. The van der Waals surface area contributed by atoms with E-state index in [1.54, 1.807) is 53.3 Å². The van der Waals surface area contributed by atoms with Crippen LogP contribution >= 0.6 is 0 Å². The lowest BCUT2D eigenvalue weighted by Crippen LogP contribution is -2.47. The average Bonchev–Trinajstić information content (AvgIpc) is 2.38. The zero-order valence-corrected chi connectivity index (χ0v) is 11.5. The van der Waals surface area contributed by atoms with Crippen molar-refractivity contribution in [1.82, 2.24) is 5.32 Å². The SMILES string of the molecule is CNC(C)(C)C(=O)Nc1ccc(OC)cc1OC. The van der Waals surface area contributed by atoms with Crippen LogP contribution in [0.3, 0.4) is 0 Å². The van der Waals surface area contributed by atoms with Gasteiger partial charge in [0.2, 0.25) is 5.91 Å². The first-order valence-corrected chi connectivity index (χ1v) is 5.67. The van der Waals surface area contributed by atoms with Gasteiger partial charge in [-0.3, -0.25) is 4.79 Å².